The van der Waals surface area contributed by atoms with Gasteiger partial charge in [0.05, 0.1) is 11.4 Å². The number of nitrogens with one attached hydrogen (secondary N) is 1. The molecule has 0 saturated heterocycles. The predicted molar refractivity (Wildman–Crippen MR) is 101 cm³/mol. The third-order valence-electron chi connectivity index (χ3n) is 2.77. The number of hydrogen-bond acceptors (Lipinski definition) is 3. The van der Waals surface area contributed by atoms with Crippen molar-refractivity contribution in [3.05, 3.63) is 29.8 Å². The molecule has 0 amide bonds. The lowest BCUT2D eigenvalue weighted by atomic mass is 10.2. The second-order valence-corrected chi connectivity index (χ2v) is 6.82. The van der Waals surface area contributed by atoms with Crippen molar-refractivity contribution in [1.29, 1.82) is 0 Å². The SMILES string of the molecule is CCNS(=O)(=O)c1ccc(CN=C(N(C)C)N(C)C)cc1.I. The van der Waals surface area contributed by atoms with E-state index in [2.05, 4.69) is 9.71 Å². The van der Waals surface area contributed by atoms with Gasteiger partial charge in [0, 0.05) is 34.7 Å². The van der Waals surface area contributed by atoms with Crippen LogP contribution in [0.3, 0.4) is 0 Å². The molecular weight excluding hydrogens is 415 g/mol. The first-order valence-corrected chi connectivity index (χ1v) is 8.24. The van der Waals surface area contributed by atoms with Gasteiger partial charge in [-0.05, 0) is 17.7 Å². The summed E-state index contributed by atoms with van der Waals surface area (Å²) in [4.78, 5) is 8.67. The van der Waals surface area contributed by atoms with Gasteiger partial charge in [-0.15, -0.1) is 24.0 Å². The lowest BCUT2D eigenvalue weighted by molar-refractivity contribution is 0.479. The summed E-state index contributed by atoms with van der Waals surface area (Å²) < 4.78 is 26.1. The Morgan fingerprint density at radius 2 is 1.59 bits per heavy atom. The van der Waals surface area contributed by atoms with Crippen LogP contribution in [0, 0.1) is 0 Å². The van der Waals surface area contributed by atoms with Crippen molar-refractivity contribution < 1.29 is 8.42 Å². The van der Waals surface area contributed by atoms with Crippen molar-refractivity contribution in [2.24, 2.45) is 4.99 Å². The van der Waals surface area contributed by atoms with Crippen molar-refractivity contribution in [3.63, 3.8) is 0 Å². The smallest absolute Gasteiger partial charge is 0.240 e. The Morgan fingerprint density at radius 1 is 1.09 bits per heavy atom. The van der Waals surface area contributed by atoms with Crippen LogP contribution in [-0.4, -0.2) is 58.9 Å². The first kappa shape index (κ1) is 21.1. The summed E-state index contributed by atoms with van der Waals surface area (Å²) in [5.74, 6) is 0.861. The number of halogens is 1. The molecule has 0 aliphatic carbocycles. The summed E-state index contributed by atoms with van der Waals surface area (Å²) in [6.07, 6.45) is 0. The monoisotopic (exact) mass is 440 g/mol. The number of aliphatic imine (C=N–C) groups is 1. The van der Waals surface area contributed by atoms with E-state index in [0.717, 1.165) is 11.5 Å². The largest absolute Gasteiger partial charge is 0.349 e. The summed E-state index contributed by atoms with van der Waals surface area (Å²) >= 11 is 0. The maximum absolute atomic E-state index is 11.8. The molecule has 1 N–H and O–H groups in total. The molecule has 6 nitrogen and oxygen atoms in total. The highest BCUT2D eigenvalue weighted by Crippen LogP contribution is 2.11. The van der Waals surface area contributed by atoms with Gasteiger partial charge in [0.15, 0.2) is 5.96 Å². The summed E-state index contributed by atoms with van der Waals surface area (Å²) in [6, 6.07) is 6.79. The van der Waals surface area contributed by atoms with Gasteiger partial charge < -0.3 is 9.80 Å². The number of sulfonamides is 1. The fourth-order valence-electron chi connectivity index (χ4n) is 1.89. The van der Waals surface area contributed by atoms with Crippen molar-refractivity contribution in [2.75, 3.05) is 34.7 Å². The zero-order valence-electron chi connectivity index (χ0n) is 13.7. The van der Waals surface area contributed by atoms with Crippen LogP contribution < -0.4 is 4.72 Å². The van der Waals surface area contributed by atoms with E-state index in [-0.39, 0.29) is 28.9 Å². The molecule has 0 aliphatic rings. The van der Waals surface area contributed by atoms with Gasteiger partial charge in [0.2, 0.25) is 10.0 Å². The van der Waals surface area contributed by atoms with Crippen LogP contribution in [0.5, 0.6) is 0 Å². The van der Waals surface area contributed by atoms with E-state index in [0.29, 0.717) is 13.1 Å². The molecule has 0 heterocycles. The lowest BCUT2D eigenvalue weighted by Crippen LogP contribution is -2.35. The van der Waals surface area contributed by atoms with Crippen LogP contribution in [0.4, 0.5) is 0 Å². The fourth-order valence-corrected chi connectivity index (χ4v) is 2.93. The molecule has 0 radical (unpaired) electrons. The number of benzene rings is 1. The van der Waals surface area contributed by atoms with Gasteiger partial charge in [-0.25, -0.2) is 18.1 Å². The molecule has 22 heavy (non-hydrogen) atoms. The van der Waals surface area contributed by atoms with E-state index in [1.807, 2.05) is 38.0 Å². The van der Waals surface area contributed by atoms with Crippen LogP contribution in [0.1, 0.15) is 12.5 Å². The molecule has 0 unspecified atom stereocenters. The van der Waals surface area contributed by atoms with E-state index in [9.17, 15) is 8.42 Å². The number of nitrogens with zero attached hydrogens (tertiary/aromatic N) is 3. The molecule has 0 saturated carbocycles. The molecular formula is C14H25IN4O2S. The molecule has 126 valence electrons. The quantitative estimate of drug-likeness (QED) is 0.429. The highest BCUT2D eigenvalue weighted by atomic mass is 127. The maximum atomic E-state index is 11.8. The summed E-state index contributed by atoms with van der Waals surface area (Å²) in [5.41, 5.74) is 0.964. The highest BCUT2D eigenvalue weighted by Gasteiger charge is 2.11. The highest BCUT2D eigenvalue weighted by molar-refractivity contribution is 14.0. The van der Waals surface area contributed by atoms with E-state index in [4.69, 9.17) is 0 Å². The summed E-state index contributed by atoms with van der Waals surface area (Å²) in [5, 5.41) is 0. The Kier molecular flexibility index (Phi) is 8.94. The first-order chi connectivity index (χ1) is 9.77. The predicted octanol–water partition coefficient (Wildman–Crippen LogP) is 1.58. The molecule has 0 fully saturated rings. The fraction of sp³-hybridized carbons (Fsp3) is 0.500. The van der Waals surface area contributed by atoms with E-state index < -0.39 is 10.0 Å². The summed E-state index contributed by atoms with van der Waals surface area (Å²) in [6.45, 7) is 2.64. The first-order valence-electron chi connectivity index (χ1n) is 6.75. The zero-order chi connectivity index (χ0) is 16.0. The van der Waals surface area contributed by atoms with E-state index >= 15 is 0 Å². The molecule has 1 rings (SSSR count). The van der Waals surface area contributed by atoms with Gasteiger partial charge in [-0.2, -0.15) is 0 Å². The van der Waals surface area contributed by atoms with Crippen molar-refractivity contribution >= 4 is 40.0 Å². The van der Waals surface area contributed by atoms with Gasteiger partial charge in [0.1, 0.15) is 0 Å². The third-order valence-corrected chi connectivity index (χ3v) is 4.33. The van der Waals surface area contributed by atoms with Gasteiger partial charge >= 0.3 is 0 Å². The lowest BCUT2D eigenvalue weighted by Gasteiger charge is -2.22. The molecule has 0 aromatic heterocycles. The minimum atomic E-state index is -3.39. The number of rotatable bonds is 5. The average molecular weight is 440 g/mol. The van der Waals surface area contributed by atoms with Crippen molar-refractivity contribution in [3.8, 4) is 0 Å². The van der Waals surface area contributed by atoms with Crippen molar-refractivity contribution in [2.45, 2.75) is 18.4 Å². The Hall–Kier alpha value is -0.870. The molecule has 0 atom stereocenters. The molecule has 1 aromatic carbocycles. The summed E-state index contributed by atoms with van der Waals surface area (Å²) in [7, 11) is 4.35. The minimum absolute atomic E-state index is 0. The van der Waals surface area contributed by atoms with Gasteiger partial charge in [0.25, 0.3) is 0 Å². The second-order valence-electron chi connectivity index (χ2n) is 5.05. The van der Waals surface area contributed by atoms with Crippen LogP contribution in [0.2, 0.25) is 0 Å². The zero-order valence-corrected chi connectivity index (χ0v) is 16.8. The van der Waals surface area contributed by atoms with Crippen LogP contribution in [-0.2, 0) is 16.6 Å². The van der Waals surface area contributed by atoms with Crippen LogP contribution in [0.25, 0.3) is 0 Å². The van der Waals surface area contributed by atoms with E-state index in [1.165, 1.54) is 0 Å². The maximum Gasteiger partial charge on any atom is 0.240 e. The Labute approximate surface area is 150 Å². The molecule has 0 aliphatic heterocycles. The molecule has 0 bridgehead atoms. The normalized spacial score (nSPS) is 10.6. The van der Waals surface area contributed by atoms with Crippen molar-refractivity contribution in [1.82, 2.24) is 14.5 Å². The molecule has 1 aromatic rings. The molecule has 8 heteroatoms. The van der Waals surface area contributed by atoms with E-state index in [1.54, 1.807) is 31.2 Å². The Balaban J connectivity index is 0.00000441. The average Bonchev–Trinajstić information content (AvgIpc) is 2.38. The number of guanidine groups is 1. The van der Waals surface area contributed by atoms with Gasteiger partial charge in [-0.1, -0.05) is 19.1 Å². The minimum Gasteiger partial charge on any atom is -0.349 e. The van der Waals surface area contributed by atoms with Crippen LogP contribution in [0.15, 0.2) is 34.2 Å². The van der Waals surface area contributed by atoms with Gasteiger partial charge in [-0.3, -0.25) is 0 Å². The standard InChI is InChI=1S/C14H24N4O2S.HI/c1-6-16-21(19,20)13-9-7-12(8-10-13)11-15-14(17(2)3)18(4)5;/h7-10,16H,6,11H2,1-5H3;1H. The third kappa shape index (κ3) is 6.09. The second kappa shape index (κ2) is 9.31. The number of hydrogen-bond donors (Lipinski definition) is 1. The Bertz CT molecular complexity index is 573. The Morgan fingerprint density at radius 3 is 2.00 bits per heavy atom. The van der Waals surface area contributed by atoms with Crippen LogP contribution >= 0.6 is 24.0 Å². The molecule has 0 spiro atoms. The topological polar surface area (TPSA) is 65.0 Å².